The number of nitrogens with zero attached hydrogens (tertiary/aromatic N) is 2. The van der Waals surface area contributed by atoms with E-state index in [2.05, 4.69) is 32.3 Å². The molecule has 1 saturated heterocycles. The summed E-state index contributed by atoms with van der Waals surface area (Å²) in [6.45, 7) is 12.8. The van der Waals surface area contributed by atoms with Crippen LogP contribution >= 0.6 is 0 Å². The molecule has 0 unspecified atom stereocenters. The van der Waals surface area contributed by atoms with E-state index >= 15 is 0 Å². The highest BCUT2D eigenvalue weighted by Gasteiger charge is 2.26. The van der Waals surface area contributed by atoms with E-state index in [1.165, 1.54) is 6.08 Å². The van der Waals surface area contributed by atoms with Crippen LogP contribution in [0.15, 0.2) is 12.7 Å². The minimum atomic E-state index is 0.0564. The molecule has 0 spiro atoms. The highest BCUT2D eigenvalue weighted by molar-refractivity contribution is 5.87. The normalized spacial score (nSPS) is 24.0. The summed E-state index contributed by atoms with van der Waals surface area (Å²) in [5, 5.41) is 0. The molecule has 0 N–H and O–H groups in total. The third-order valence-electron chi connectivity index (χ3n) is 2.85. The molecule has 3 heteroatoms. The third kappa shape index (κ3) is 2.35. The fourth-order valence-electron chi connectivity index (χ4n) is 1.90. The van der Waals surface area contributed by atoms with Crippen LogP contribution in [0, 0.1) is 0 Å². The van der Waals surface area contributed by atoms with E-state index in [0.29, 0.717) is 12.1 Å². The number of carbonyl (C=O) groups is 1. The Balaban J connectivity index is 2.56. The van der Waals surface area contributed by atoms with Gasteiger partial charge in [-0.2, -0.15) is 0 Å². The van der Waals surface area contributed by atoms with Gasteiger partial charge < -0.3 is 4.90 Å². The Bertz CT molecular complexity index is 225. The number of carbonyl (C=O) groups excluding carboxylic acids is 1. The van der Waals surface area contributed by atoms with Crippen LogP contribution in [-0.4, -0.2) is 47.4 Å². The number of rotatable bonds is 2. The van der Waals surface area contributed by atoms with Crippen molar-refractivity contribution in [1.29, 1.82) is 0 Å². The van der Waals surface area contributed by atoms with Crippen LogP contribution in [0.25, 0.3) is 0 Å². The number of hydrogen-bond acceptors (Lipinski definition) is 2. The Morgan fingerprint density at radius 2 is 2.14 bits per heavy atom. The molecule has 1 aliphatic heterocycles. The van der Waals surface area contributed by atoms with Crippen LogP contribution in [0.2, 0.25) is 0 Å². The van der Waals surface area contributed by atoms with Gasteiger partial charge in [-0.1, -0.05) is 6.58 Å². The average Bonchev–Trinajstić information content (AvgIpc) is 2.16. The molecule has 1 fully saturated rings. The van der Waals surface area contributed by atoms with Crippen molar-refractivity contribution in [2.75, 3.05) is 19.6 Å². The molecule has 1 atom stereocenters. The highest BCUT2D eigenvalue weighted by atomic mass is 16.2. The Morgan fingerprint density at radius 3 is 2.57 bits per heavy atom. The van der Waals surface area contributed by atoms with Gasteiger partial charge in [0.05, 0.1) is 0 Å². The summed E-state index contributed by atoms with van der Waals surface area (Å²) in [6, 6.07) is 0.870. The topological polar surface area (TPSA) is 23.6 Å². The molecule has 1 aliphatic rings. The minimum Gasteiger partial charge on any atom is -0.334 e. The molecule has 0 bridgehead atoms. The number of hydrogen-bond donors (Lipinski definition) is 0. The fraction of sp³-hybridized carbons (Fsp3) is 0.727. The van der Waals surface area contributed by atoms with Crippen LogP contribution in [0.1, 0.15) is 20.8 Å². The first kappa shape index (κ1) is 11.2. The van der Waals surface area contributed by atoms with E-state index in [1.54, 1.807) is 0 Å². The highest BCUT2D eigenvalue weighted by Crippen LogP contribution is 2.12. The Hall–Kier alpha value is -0.830. The number of amides is 1. The van der Waals surface area contributed by atoms with Gasteiger partial charge in [0.25, 0.3) is 0 Å². The SMILES string of the molecule is C=CC(=O)N1CCN(C(C)C)C[C@H]1C. The predicted octanol–water partition coefficient (Wildman–Crippen LogP) is 1.11. The minimum absolute atomic E-state index is 0.0564. The van der Waals surface area contributed by atoms with Gasteiger partial charge in [-0.05, 0) is 26.8 Å². The standard InChI is InChI=1S/C11H20N2O/c1-5-11(14)13-7-6-12(9(2)3)8-10(13)4/h5,9-10H,1,6-8H2,2-4H3/t10-/m1/s1. The summed E-state index contributed by atoms with van der Waals surface area (Å²) in [7, 11) is 0. The van der Waals surface area contributed by atoms with E-state index < -0.39 is 0 Å². The maximum atomic E-state index is 11.4. The predicted molar refractivity (Wildman–Crippen MR) is 58.1 cm³/mol. The monoisotopic (exact) mass is 196 g/mol. The largest absolute Gasteiger partial charge is 0.334 e. The molecule has 3 nitrogen and oxygen atoms in total. The van der Waals surface area contributed by atoms with Gasteiger partial charge in [0.2, 0.25) is 5.91 Å². The van der Waals surface area contributed by atoms with Crippen molar-refractivity contribution in [2.45, 2.75) is 32.9 Å². The number of piperazine rings is 1. The molecule has 14 heavy (non-hydrogen) atoms. The van der Waals surface area contributed by atoms with Crippen molar-refractivity contribution in [3.63, 3.8) is 0 Å². The summed E-state index contributed by atoms with van der Waals surface area (Å²) >= 11 is 0. The zero-order valence-corrected chi connectivity index (χ0v) is 9.36. The maximum absolute atomic E-state index is 11.4. The molecule has 0 aromatic carbocycles. The Labute approximate surface area is 86.4 Å². The smallest absolute Gasteiger partial charge is 0.246 e. The lowest BCUT2D eigenvalue weighted by molar-refractivity contribution is -0.130. The molecule has 0 radical (unpaired) electrons. The van der Waals surface area contributed by atoms with Gasteiger partial charge in [-0.15, -0.1) is 0 Å². The van der Waals surface area contributed by atoms with Crippen molar-refractivity contribution in [3.05, 3.63) is 12.7 Å². The Morgan fingerprint density at radius 1 is 1.50 bits per heavy atom. The molecule has 0 aromatic heterocycles. The molecular formula is C11H20N2O. The van der Waals surface area contributed by atoms with Crippen molar-refractivity contribution >= 4 is 5.91 Å². The summed E-state index contributed by atoms with van der Waals surface area (Å²) in [4.78, 5) is 15.7. The second-order valence-electron chi connectivity index (χ2n) is 4.17. The van der Waals surface area contributed by atoms with Gasteiger partial charge in [-0.25, -0.2) is 0 Å². The molecule has 80 valence electrons. The van der Waals surface area contributed by atoms with Crippen LogP contribution < -0.4 is 0 Å². The summed E-state index contributed by atoms with van der Waals surface area (Å²) in [5.74, 6) is 0.0564. The van der Waals surface area contributed by atoms with E-state index in [1.807, 2.05) is 4.90 Å². The van der Waals surface area contributed by atoms with E-state index in [0.717, 1.165) is 19.6 Å². The molecule has 1 amide bonds. The van der Waals surface area contributed by atoms with E-state index in [4.69, 9.17) is 0 Å². The second kappa shape index (κ2) is 4.60. The zero-order chi connectivity index (χ0) is 10.7. The zero-order valence-electron chi connectivity index (χ0n) is 9.36. The third-order valence-corrected chi connectivity index (χ3v) is 2.85. The maximum Gasteiger partial charge on any atom is 0.246 e. The molecule has 0 aliphatic carbocycles. The van der Waals surface area contributed by atoms with Gasteiger partial charge >= 0.3 is 0 Å². The first-order chi connectivity index (χ1) is 6.56. The van der Waals surface area contributed by atoms with E-state index in [9.17, 15) is 4.79 Å². The van der Waals surface area contributed by atoms with Crippen LogP contribution in [0.3, 0.4) is 0 Å². The summed E-state index contributed by atoms with van der Waals surface area (Å²) in [5.41, 5.74) is 0. The van der Waals surface area contributed by atoms with Crippen LogP contribution in [0.5, 0.6) is 0 Å². The van der Waals surface area contributed by atoms with Gasteiger partial charge in [0, 0.05) is 31.7 Å². The first-order valence-corrected chi connectivity index (χ1v) is 5.23. The fourth-order valence-corrected chi connectivity index (χ4v) is 1.90. The lowest BCUT2D eigenvalue weighted by Crippen LogP contribution is -2.55. The molecule has 0 aromatic rings. The quantitative estimate of drug-likeness (QED) is 0.618. The molecule has 1 heterocycles. The average molecular weight is 196 g/mol. The van der Waals surface area contributed by atoms with Gasteiger partial charge in [0.1, 0.15) is 0 Å². The molecule has 1 rings (SSSR count). The van der Waals surface area contributed by atoms with Crippen LogP contribution in [0.4, 0.5) is 0 Å². The van der Waals surface area contributed by atoms with Crippen molar-refractivity contribution < 1.29 is 4.79 Å². The molecular weight excluding hydrogens is 176 g/mol. The van der Waals surface area contributed by atoms with Crippen molar-refractivity contribution in [3.8, 4) is 0 Å². The summed E-state index contributed by atoms with van der Waals surface area (Å²) < 4.78 is 0. The first-order valence-electron chi connectivity index (χ1n) is 5.23. The van der Waals surface area contributed by atoms with Crippen molar-refractivity contribution in [1.82, 2.24) is 9.80 Å². The second-order valence-corrected chi connectivity index (χ2v) is 4.17. The van der Waals surface area contributed by atoms with Gasteiger partial charge in [0.15, 0.2) is 0 Å². The molecule has 0 saturated carbocycles. The van der Waals surface area contributed by atoms with Gasteiger partial charge in [-0.3, -0.25) is 9.69 Å². The summed E-state index contributed by atoms with van der Waals surface area (Å²) in [6.07, 6.45) is 1.40. The van der Waals surface area contributed by atoms with E-state index in [-0.39, 0.29) is 5.91 Å². The van der Waals surface area contributed by atoms with Crippen LogP contribution in [-0.2, 0) is 4.79 Å². The van der Waals surface area contributed by atoms with Crippen molar-refractivity contribution in [2.24, 2.45) is 0 Å². The Kier molecular flexibility index (Phi) is 3.69. The lowest BCUT2D eigenvalue weighted by Gasteiger charge is -2.41. The lowest BCUT2D eigenvalue weighted by atomic mass is 10.1.